The highest BCUT2D eigenvalue weighted by Crippen LogP contribution is 2.23. The molecule has 0 radical (unpaired) electrons. The monoisotopic (exact) mass is 224 g/mol. The van der Waals surface area contributed by atoms with Gasteiger partial charge in [-0.25, -0.2) is 0 Å². The molecule has 1 aliphatic rings. The van der Waals surface area contributed by atoms with Gasteiger partial charge < -0.3 is 15.1 Å². The quantitative estimate of drug-likeness (QED) is 0.551. The number of rotatable bonds is 2. The van der Waals surface area contributed by atoms with Gasteiger partial charge in [0.25, 0.3) is 5.69 Å². The maximum Gasteiger partial charge on any atom is 0.269 e. The van der Waals surface area contributed by atoms with Gasteiger partial charge in [0.15, 0.2) is 0 Å². The molecule has 1 saturated heterocycles. The number of hydrogen-bond donors (Lipinski definition) is 2. The molecule has 1 aromatic rings. The maximum absolute atomic E-state index is 10.4. The molecule has 2 rings (SSSR count). The summed E-state index contributed by atoms with van der Waals surface area (Å²) in [5.74, 6) is 0. The average Bonchev–Trinajstić information content (AvgIpc) is 2.59. The number of nitrogens with zero attached hydrogens (tertiary/aromatic N) is 2. The summed E-state index contributed by atoms with van der Waals surface area (Å²) in [5.41, 5.74) is 0.797. The highest BCUT2D eigenvalue weighted by Gasteiger charge is 2.29. The van der Waals surface area contributed by atoms with E-state index in [1.807, 2.05) is 0 Å². The summed E-state index contributed by atoms with van der Waals surface area (Å²) in [6.07, 6.45) is -1.51. The number of anilines is 1. The summed E-state index contributed by atoms with van der Waals surface area (Å²) in [7, 11) is 0. The fraction of sp³-hybridized carbons (Fsp3) is 0.400. The Morgan fingerprint density at radius 1 is 1.19 bits per heavy atom. The molecule has 86 valence electrons. The number of nitro benzene ring substituents is 1. The number of aliphatic hydroxyl groups excluding tert-OH is 2. The van der Waals surface area contributed by atoms with Crippen LogP contribution in [0.15, 0.2) is 24.3 Å². The van der Waals surface area contributed by atoms with Gasteiger partial charge in [-0.15, -0.1) is 0 Å². The lowest BCUT2D eigenvalue weighted by atomic mass is 10.2. The van der Waals surface area contributed by atoms with E-state index in [-0.39, 0.29) is 5.69 Å². The molecule has 0 bridgehead atoms. The van der Waals surface area contributed by atoms with Crippen LogP contribution >= 0.6 is 0 Å². The Kier molecular flexibility index (Phi) is 2.76. The van der Waals surface area contributed by atoms with Gasteiger partial charge in [0.1, 0.15) is 0 Å². The highest BCUT2D eigenvalue weighted by molar-refractivity contribution is 5.52. The first-order valence-electron chi connectivity index (χ1n) is 4.93. The van der Waals surface area contributed by atoms with Crippen molar-refractivity contribution in [2.24, 2.45) is 0 Å². The van der Waals surface area contributed by atoms with Crippen LogP contribution in [0.25, 0.3) is 0 Å². The van der Waals surface area contributed by atoms with Gasteiger partial charge in [0.05, 0.1) is 17.1 Å². The number of benzene rings is 1. The molecular formula is C10H12N2O4. The van der Waals surface area contributed by atoms with E-state index in [0.29, 0.717) is 13.1 Å². The van der Waals surface area contributed by atoms with Crippen LogP contribution in [0, 0.1) is 10.1 Å². The summed E-state index contributed by atoms with van der Waals surface area (Å²) >= 11 is 0. The van der Waals surface area contributed by atoms with Gasteiger partial charge in [-0.1, -0.05) is 0 Å². The molecule has 2 N–H and O–H groups in total. The third-order valence-electron chi connectivity index (χ3n) is 2.68. The lowest BCUT2D eigenvalue weighted by molar-refractivity contribution is -0.384. The standard InChI is InChI=1S/C10H12N2O4/c13-9-5-11(6-10(9)14)7-1-3-8(4-2-7)12(15)16/h1-4,9-10,13-14H,5-6H2/t9-,10+. The van der Waals surface area contributed by atoms with Crippen molar-refractivity contribution in [3.8, 4) is 0 Å². The van der Waals surface area contributed by atoms with Crippen molar-refractivity contribution >= 4 is 11.4 Å². The van der Waals surface area contributed by atoms with Crippen molar-refractivity contribution in [1.82, 2.24) is 0 Å². The molecule has 0 amide bonds. The molecule has 1 fully saturated rings. The molecular weight excluding hydrogens is 212 g/mol. The van der Waals surface area contributed by atoms with Crippen LogP contribution < -0.4 is 4.90 Å². The number of aliphatic hydroxyl groups is 2. The number of β-amino-alcohol motifs (C(OH)–C–C–N with tert-alkyl or cyclic N) is 2. The number of hydrogen-bond acceptors (Lipinski definition) is 5. The molecule has 0 spiro atoms. The van der Waals surface area contributed by atoms with Crippen LogP contribution in [0.3, 0.4) is 0 Å². The third kappa shape index (κ3) is 1.98. The van der Waals surface area contributed by atoms with Crippen LogP contribution in [-0.2, 0) is 0 Å². The Hall–Kier alpha value is -1.66. The Labute approximate surface area is 91.9 Å². The Morgan fingerprint density at radius 3 is 2.12 bits per heavy atom. The topological polar surface area (TPSA) is 86.8 Å². The molecule has 2 atom stereocenters. The summed E-state index contributed by atoms with van der Waals surface area (Å²) < 4.78 is 0. The van der Waals surface area contributed by atoms with Crippen LogP contribution in [-0.4, -0.2) is 40.4 Å². The molecule has 6 nitrogen and oxygen atoms in total. The van der Waals surface area contributed by atoms with E-state index in [4.69, 9.17) is 0 Å². The van der Waals surface area contributed by atoms with Crippen LogP contribution in [0.2, 0.25) is 0 Å². The minimum absolute atomic E-state index is 0.0315. The van der Waals surface area contributed by atoms with Crippen molar-refractivity contribution in [2.45, 2.75) is 12.2 Å². The van der Waals surface area contributed by atoms with E-state index in [1.54, 1.807) is 17.0 Å². The minimum Gasteiger partial charge on any atom is -0.389 e. The van der Waals surface area contributed by atoms with E-state index >= 15 is 0 Å². The Morgan fingerprint density at radius 2 is 1.69 bits per heavy atom. The van der Waals surface area contributed by atoms with Crippen LogP contribution in [0.5, 0.6) is 0 Å². The highest BCUT2D eigenvalue weighted by atomic mass is 16.6. The van der Waals surface area contributed by atoms with E-state index < -0.39 is 17.1 Å². The lowest BCUT2D eigenvalue weighted by Gasteiger charge is -2.16. The molecule has 16 heavy (non-hydrogen) atoms. The normalized spacial score (nSPS) is 24.8. The van der Waals surface area contributed by atoms with Crippen molar-refractivity contribution in [3.05, 3.63) is 34.4 Å². The molecule has 0 unspecified atom stereocenters. The number of nitro groups is 1. The Bertz CT molecular complexity index is 382. The summed E-state index contributed by atoms with van der Waals surface area (Å²) in [6, 6.07) is 6.05. The lowest BCUT2D eigenvalue weighted by Crippen LogP contribution is -2.22. The first-order valence-corrected chi connectivity index (χ1v) is 4.93. The molecule has 1 aliphatic heterocycles. The van der Waals surface area contributed by atoms with E-state index in [9.17, 15) is 20.3 Å². The molecule has 6 heteroatoms. The molecule has 1 aromatic carbocycles. The summed E-state index contributed by atoms with van der Waals surface area (Å²) in [5, 5.41) is 29.2. The van der Waals surface area contributed by atoms with Gasteiger partial charge in [-0.3, -0.25) is 10.1 Å². The van der Waals surface area contributed by atoms with Gasteiger partial charge in [-0.2, -0.15) is 0 Å². The van der Waals surface area contributed by atoms with E-state index in [0.717, 1.165) is 5.69 Å². The zero-order chi connectivity index (χ0) is 11.7. The van der Waals surface area contributed by atoms with E-state index in [1.165, 1.54) is 12.1 Å². The Balaban J connectivity index is 2.14. The second-order valence-corrected chi connectivity index (χ2v) is 3.81. The maximum atomic E-state index is 10.4. The predicted octanol–water partition coefficient (Wildman–Crippen LogP) is 0.137. The van der Waals surface area contributed by atoms with Crippen molar-refractivity contribution in [3.63, 3.8) is 0 Å². The van der Waals surface area contributed by atoms with Crippen molar-refractivity contribution in [1.29, 1.82) is 0 Å². The largest absolute Gasteiger partial charge is 0.389 e. The minimum atomic E-state index is -0.754. The third-order valence-corrected chi connectivity index (χ3v) is 2.68. The fourth-order valence-electron chi connectivity index (χ4n) is 1.77. The fourth-order valence-corrected chi connectivity index (χ4v) is 1.77. The predicted molar refractivity (Wildman–Crippen MR) is 57.3 cm³/mol. The van der Waals surface area contributed by atoms with Gasteiger partial charge in [0, 0.05) is 30.9 Å². The average molecular weight is 224 g/mol. The summed E-state index contributed by atoms with van der Waals surface area (Å²) in [6.45, 7) is 0.692. The van der Waals surface area contributed by atoms with E-state index in [2.05, 4.69) is 0 Å². The van der Waals surface area contributed by atoms with Gasteiger partial charge >= 0.3 is 0 Å². The molecule has 1 heterocycles. The molecule has 0 saturated carbocycles. The zero-order valence-electron chi connectivity index (χ0n) is 8.48. The second kappa shape index (κ2) is 4.07. The van der Waals surface area contributed by atoms with Crippen molar-refractivity contribution in [2.75, 3.05) is 18.0 Å². The van der Waals surface area contributed by atoms with Crippen LogP contribution in [0.4, 0.5) is 11.4 Å². The van der Waals surface area contributed by atoms with Gasteiger partial charge in [0.2, 0.25) is 0 Å². The number of non-ortho nitro benzene ring substituents is 1. The smallest absolute Gasteiger partial charge is 0.269 e. The summed E-state index contributed by atoms with van der Waals surface area (Å²) in [4.78, 5) is 11.8. The first kappa shape index (κ1) is 10.8. The van der Waals surface area contributed by atoms with Gasteiger partial charge in [-0.05, 0) is 12.1 Å². The second-order valence-electron chi connectivity index (χ2n) is 3.81. The SMILES string of the molecule is O=[N+]([O-])c1ccc(N2C[C@@H](O)[C@@H](O)C2)cc1. The molecule has 0 aliphatic carbocycles. The molecule has 0 aromatic heterocycles. The zero-order valence-corrected chi connectivity index (χ0v) is 8.48. The van der Waals surface area contributed by atoms with Crippen LogP contribution in [0.1, 0.15) is 0 Å². The van der Waals surface area contributed by atoms with Crippen molar-refractivity contribution < 1.29 is 15.1 Å². The first-order chi connectivity index (χ1) is 7.58.